The van der Waals surface area contributed by atoms with Crippen molar-refractivity contribution in [1.29, 1.82) is 0 Å². The smallest absolute Gasteiger partial charge is 0.264 e. The molecule has 10 heteroatoms. The maximum absolute atomic E-state index is 13.3. The summed E-state index contributed by atoms with van der Waals surface area (Å²) in [5.41, 5.74) is 13.9. The first-order valence-electron chi connectivity index (χ1n) is 10.7. The third-order valence-corrected chi connectivity index (χ3v) is 8.89. The maximum Gasteiger partial charge on any atom is 0.264 e. The minimum absolute atomic E-state index is 0.0419. The third-order valence-electron chi connectivity index (χ3n) is 5.22. The summed E-state index contributed by atoms with van der Waals surface area (Å²) in [6.45, 7) is 4.05. The Kier molecular flexibility index (Phi) is 7.98. The molecule has 1 radical (unpaired) electrons. The fourth-order valence-electron chi connectivity index (χ4n) is 3.39. The second kappa shape index (κ2) is 10.6. The Morgan fingerprint density at radius 2 is 1.12 bits per heavy atom. The van der Waals surface area contributed by atoms with E-state index in [1.807, 2.05) is 13.8 Å². The molecule has 0 spiro atoms. The van der Waals surface area contributed by atoms with E-state index in [9.17, 15) is 16.8 Å². The van der Waals surface area contributed by atoms with Gasteiger partial charge < -0.3 is 11.5 Å². The van der Waals surface area contributed by atoms with Gasteiger partial charge in [0.15, 0.2) is 0 Å². The monoisotopic (exact) mass is 501 g/mol. The lowest BCUT2D eigenvalue weighted by atomic mass is 10.2. The first-order chi connectivity index (χ1) is 16.1. The average molecular weight is 502 g/mol. The van der Waals surface area contributed by atoms with E-state index < -0.39 is 20.0 Å². The minimum Gasteiger partial charge on any atom is -0.329 e. The predicted octanol–water partition coefficient (Wildman–Crippen LogP) is 2.41. The second-order valence-corrected chi connectivity index (χ2v) is 11.5. The molecule has 0 saturated heterocycles. The number of hydrogen-bond acceptors (Lipinski definition) is 6. The summed E-state index contributed by atoms with van der Waals surface area (Å²) in [6.07, 6.45) is 0. The molecule has 0 aliphatic heterocycles. The number of nitrogens with two attached hydrogens (primary N) is 2. The molecule has 0 atom stereocenters. The van der Waals surface area contributed by atoms with Gasteiger partial charge in [-0.1, -0.05) is 35.4 Å². The Bertz CT molecular complexity index is 1200. The van der Waals surface area contributed by atoms with Crippen LogP contribution in [0.5, 0.6) is 0 Å². The SMILES string of the molecule is Cc1ccc(S(=O)(=O)N(CCN)c2[c]cc(N(CCN)S(=O)(=O)c3ccc(C)cc3)cc2)cc1. The van der Waals surface area contributed by atoms with Crippen molar-refractivity contribution in [2.75, 3.05) is 34.8 Å². The number of anilines is 2. The van der Waals surface area contributed by atoms with Gasteiger partial charge in [0.05, 0.1) is 21.2 Å². The summed E-state index contributed by atoms with van der Waals surface area (Å²) >= 11 is 0. The molecule has 0 heterocycles. The van der Waals surface area contributed by atoms with Crippen LogP contribution in [0.3, 0.4) is 0 Å². The molecule has 0 saturated carbocycles. The quantitative estimate of drug-likeness (QED) is 0.439. The molecular formula is C24H29N4O4S2. The molecule has 34 heavy (non-hydrogen) atoms. The van der Waals surface area contributed by atoms with Gasteiger partial charge in [-0.2, -0.15) is 0 Å². The van der Waals surface area contributed by atoms with Gasteiger partial charge in [-0.25, -0.2) is 16.8 Å². The van der Waals surface area contributed by atoms with Crippen molar-refractivity contribution in [1.82, 2.24) is 0 Å². The zero-order chi connectivity index (χ0) is 24.9. The summed E-state index contributed by atoms with van der Waals surface area (Å²) in [6, 6.07) is 20.5. The number of benzene rings is 3. The van der Waals surface area contributed by atoms with Gasteiger partial charge in [0.1, 0.15) is 0 Å². The second-order valence-electron chi connectivity index (χ2n) is 7.79. The summed E-state index contributed by atoms with van der Waals surface area (Å²) in [5, 5.41) is 0. The molecule has 0 unspecified atom stereocenters. The molecule has 0 fully saturated rings. The molecule has 181 valence electrons. The van der Waals surface area contributed by atoms with Crippen molar-refractivity contribution in [3.63, 3.8) is 0 Å². The number of sulfonamides is 2. The predicted molar refractivity (Wildman–Crippen MR) is 135 cm³/mol. The molecular weight excluding hydrogens is 472 g/mol. The highest BCUT2D eigenvalue weighted by Crippen LogP contribution is 2.28. The number of rotatable bonds is 10. The Morgan fingerprint density at radius 1 is 0.676 bits per heavy atom. The van der Waals surface area contributed by atoms with E-state index >= 15 is 0 Å². The Balaban J connectivity index is 1.98. The van der Waals surface area contributed by atoms with Gasteiger partial charge in [0.2, 0.25) is 0 Å². The van der Waals surface area contributed by atoms with E-state index in [0.29, 0.717) is 5.69 Å². The molecule has 4 N–H and O–H groups in total. The Hall–Kier alpha value is -2.92. The fourth-order valence-corrected chi connectivity index (χ4v) is 6.31. The van der Waals surface area contributed by atoms with Crippen molar-refractivity contribution in [2.45, 2.75) is 23.6 Å². The average Bonchev–Trinajstić information content (AvgIpc) is 2.81. The van der Waals surface area contributed by atoms with Crippen LogP contribution < -0.4 is 20.1 Å². The minimum atomic E-state index is -3.88. The van der Waals surface area contributed by atoms with Gasteiger partial charge in [0.25, 0.3) is 20.0 Å². The Labute approximate surface area is 201 Å². The Morgan fingerprint density at radius 3 is 1.53 bits per heavy atom. The summed E-state index contributed by atoms with van der Waals surface area (Å²) < 4.78 is 55.4. The van der Waals surface area contributed by atoms with Crippen molar-refractivity contribution >= 4 is 31.4 Å². The van der Waals surface area contributed by atoms with Gasteiger partial charge in [-0.15, -0.1) is 0 Å². The molecule has 0 bridgehead atoms. The maximum atomic E-state index is 13.3. The highest BCUT2D eigenvalue weighted by Gasteiger charge is 2.27. The highest BCUT2D eigenvalue weighted by molar-refractivity contribution is 7.93. The van der Waals surface area contributed by atoms with Crippen LogP contribution in [0.1, 0.15) is 11.1 Å². The van der Waals surface area contributed by atoms with Crippen LogP contribution in [-0.4, -0.2) is 43.0 Å². The van der Waals surface area contributed by atoms with Crippen LogP contribution in [0.4, 0.5) is 11.4 Å². The van der Waals surface area contributed by atoms with Crippen LogP contribution >= 0.6 is 0 Å². The number of hydrogen-bond donors (Lipinski definition) is 2. The van der Waals surface area contributed by atoms with Crippen molar-refractivity contribution in [2.24, 2.45) is 11.5 Å². The number of nitrogens with zero attached hydrogens (tertiary/aromatic N) is 2. The van der Waals surface area contributed by atoms with Crippen LogP contribution in [-0.2, 0) is 20.0 Å². The van der Waals surface area contributed by atoms with E-state index in [4.69, 9.17) is 11.5 Å². The van der Waals surface area contributed by atoms with Gasteiger partial charge in [-0.3, -0.25) is 8.61 Å². The van der Waals surface area contributed by atoms with Crippen LogP contribution in [0.15, 0.2) is 76.5 Å². The van der Waals surface area contributed by atoms with Crippen LogP contribution in [0.25, 0.3) is 0 Å². The lowest BCUT2D eigenvalue weighted by Crippen LogP contribution is -2.36. The molecule has 0 amide bonds. The van der Waals surface area contributed by atoms with Crippen molar-refractivity contribution in [3.8, 4) is 0 Å². The summed E-state index contributed by atoms with van der Waals surface area (Å²) in [4.78, 5) is 0.276. The largest absolute Gasteiger partial charge is 0.329 e. The zero-order valence-corrected chi connectivity index (χ0v) is 20.8. The van der Waals surface area contributed by atoms with E-state index in [1.54, 1.807) is 54.6 Å². The van der Waals surface area contributed by atoms with Crippen molar-refractivity contribution < 1.29 is 16.8 Å². The third kappa shape index (κ3) is 5.41. The van der Waals surface area contributed by atoms with Crippen LogP contribution in [0.2, 0.25) is 0 Å². The first kappa shape index (κ1) is 25.7. The molecule has 3 aromatic rings. The zero-order valence-electron chi connectivity index (χ0n) is 19.2. The summed E-state index contributed by atoms with van der Waals surface area (Å²) in [7, 11) is -7.75. The topological polar surface area (TPSA) is 127 Å². The molecule has 3 rings (SSSR count). The van der Waals surface area contributed by atoms with E-state index in [0.717, 1.165) is 11.1 Å². The van der Waals surface area contributed by atoms with Crippen LogP contribution in [0, 0.1) is 19.9 Å². The van der Waals surface area contributed by atoms with Gasteiger partial charge >= 0.3 is 0 Å². The molecule has 3 aromatic carbocycles. The normalized spacial score (nSPS) is 11.9. The highest BCUT2D eigenvalue weighted by atomic mass is 32.2. The lowest BCUT2D eigenvalue weighted by Gasteiger charge is -2.26. The molecule has 0 aliphatic carbocycles. The summed E-state index contributed by atoms with van der Waals surface area (Å²) in [5.74, 6) is 0. The van der Waals surface area contributed by atoms with Crippen molar-refractivity contribution in [3.05, 3.63) is 83.9 Å². The van der Waals surface area contributed by atoms with E-state index in [-0.39, 0.29) is 41.7 Å². The number of aryl methyl sites for hydroxylation is 2. The van der Waals surface area contributed by atoms with Gasteiger partial charge in [-0.05, 0) is 56.3 Å². The van der Waals surface area contributed by atoms with E-state index in [1.165, 1.54) is 20.7 Å². The molecule has 0 aromatic heterocycles. The fraction of sp³-hybridized carbons (Fsp3) is 0.250. The lowest BCUT2D eigenvalue weighted by molar-refractivity contribution is 0.589. The molecule has 8 nitrogen and oxygen atoms in total. The van der Waals surface area contributed by atoms with Gasteiger partial charge in [0, 0.05) is 32.2 Å². The first-order valence-corrected chi connectivity index (χ1v) is 13.6. The molecule has 0 aliphatic rings. The van der Waals surface area contributed by atoms with E-state index in [2.05, 4.69) is 6.07 Å². The standard InChI is InChI=1S/C24H29N4O4S2/c1-19-3-11-23(12-4-19)33(29,30)27(17-15-25)21-7-9-22(10-8-21)28(18-16-26)34(31,32)24-13-5-20(2)6-14-24/h3-9,11-14H,15-18,25-26H2,1-2H3.